The number of halogens is 3. The number of aromatic nitrogens is 3. The predicted molar refractivity (Wildman–Crippen MR) is 78.8 cm³/mol. The summed E-state index contributed by atoms with van der Waals surface area (Å²) in [5, 5.41) is 6.72. The number of hydrogen-bond acceptors (Lipinski definition) is 3. The van der Waals surface area contributed by atoms with Crippen LogP contribution in [-0.2, 0) is 13.0 Å². The zero-order valence-electron chi connectivity index (χ0n) is 12.0. The number of rotatable bonds is 4. The Morgan fingerprint density at radius 2 is 1.70 bits per heavy atom. The highest BCUT2D eigenvalue weighted by Crippen LogP contribution is 2.19. The van der Waals surface area contributed by atoms with E-state index in [-0.39, 0.29) is 12.0 Å². The molecule has 0 unspecified atom stereocenters. The van der Waals surface area contributed by atoms with Crippen LogP contribution in [0.4, 0.5) is 13.2 Å². The maximum Gasteiger partial charge on any atom is 0.194 e. The SMILES string of the molecule is NCc1ccc(-c2n[nH]c(Cc3ccc(F)c(F)c3F)n2)cc1. The van der Waals surface area contributed by atoms with Crippen LogP contribution in [0.25, 0.3) is 11.4 Å². The van der Waals surface area contributed by atoms with E-state index in [1.807, 2.05) is 24.3 Å². The minimum absolute atomic E-state index is 0.00470. The van der Waals surface area contributed by atoms with Crippen molar-refractivity contribution in [3.8, 4) is 11.4 Å². The summed E-state index contributed by atoms with van der Waals surface area (Å²) in [6.45, 7) is 0.439. The van der Waals surface area contributed by atoms with Crippen molar-refractivity contribution in [1.82, 2.24) is 15.2 Å². The van der Waals surface area contributed by atoms with E-state index in [0.29, 0.717) is 18.2 Å². The first-order valence-corrected chi connectivity index (χ1v) is 6.91. The van der Waals surface area contributed by atoms with E-state index in [0.717, 1.165) is 17.2 Å². The van der Waals surface area contributed by atoms with Crippen molar-refractivity contribution in [2.24, 2.45) is 5.73 Å². The molecule has 2 aromatic carbocycles. The van der Waals surface area contributed by atoms with E-state index in [9.17, 15) is 13.2 Å². The molecule has 0 saturated carbocycles. The summed E-state index contributed by atoms with van der Waals surface area (Å²) in [5.41, 5.74) is 7.29. The van der Waals surface area contributed by atoms with Crippen molar-refractivity contribution < 1.29 is 13.2 Å². The molecular formula is C16H13F3N4. The lowest BCUT2D eigenvalue weighted by atomic mass is 10.1. The van der Waals surface area contributed by atoms with Gasteiger partial charge in [-0.25, -0.2) is 18.2 Å². The van der Waals surface area contributed by atoms with Crippen LogP contribution in [0, 0.1) is 17.5 Å². The maximum atomic E-state index is 13.7. The molecule has 0 atom stereocenters. The van der Waals surface area contributed by atoms with Crippen LogP contribution >= 0.6 is 0 Å². The van der Waals surface area contributed by atoms with Crippen LogP contribution in [-0.4, -0.2) is 15.2 Å². The largest absolute Gasteiger partial charge is 0.326 e. The monoisotopic (exact) mass is 318 g/mol. The summed E-state index contributed by atoms with van der Waals surface area (Å²) >= 11 is 0. The Bertz CT molecular complexity index is 828. The van der Waals surface area contributed by atoms with Gasteiger partial charge in [-0.2, -0.15) is 5.10 Å². The third kappa shape index (κ3) is 3.09. The molecule has 0 fully saturated rings. The number of H-pyrrole nitrogens is 1. The van der Waals surface area contributed by atoms with Gasteiger partial charge >= 0.3 is 0 Å². The molecule has 1 aromatic heterocycles. The molecule has 23 heavy (non-hydrogen) atoms. The van der Waals surface area contributed by atoms with Gasteiger partial charge in [0.05, 0.1) is 0 Å². The number of benzene rings is 2. The fourth-order valence-corrected chi connectivity index (χ4v) is 2.18. The van der Waals surface area contributed by atoms with E-state index in [2.05, 4.69) is 15.2 Å². The van der Waals surface area contributed by atoms with Gasteiger partial charge in [0.1, 0.15) is 5.82 Å². The van der Waals surface area contributed by atoms with Gasteiger partial charge in [0.2, 0.25) is 0 Å². The third-order valence-corrected chi connectivity index (χ3v) is 3.45. The molecule has 0 aliphatic heterocycles. The lowest BCUT2D eigenvalue weighted by molar-refractivity contribution is 0.441. The van der Waals surface area contributed by atoms with Gasteiger partial charge < -0.3 is 5.73 Å². The molecule has 3 aromatic rings. The summed E-state index contributed by atoms with van der Waals surface area (Å²) in [4.78, 5) is 4.24. The Morgan fingerprint density at radius 3 is 2.39 bits per heavy atom. The molecule has 0 aliphatic rings. The second-order valence-electron chi connectivity index (χ2n) is 5.02. The molecule has 7 heteroatoms. The normalized spacial score (nSPS) is 11.0. The molecule has 4 nitrogen and oxygen atoms in total. The number of hydrogen-bond donors (Lipinski definition) is 2. The van der Waals surface area contributed by atoms with Crippen LogP contribution < -0.4 is 5.73 Å². The number of aromatic amines is 1. The first kappa shape index (κ1) is 15.2. The summed E-state index contributed by atoms with van der Waals surface area (Å²) in [6.07, 6.45) is -0.0169. The molecule has 3 N–H and O–H groups in total. The van der Waals surface area contributed by atoms with Crippen LogP contribution in [0.3, 0.4) is 0 Å². The lowest BCUT2D eigenvalue weighted by Crippen LogP contribution is -2.00. The van der Waals surface area contributed by atoms with E-state index >= 15 is 0 Å². The number of nitrogens with zero attached hydrogens (tertiary/aromatic N) is 2. The lowest BCUT2D eigenvalue weighted by Gasteiger charge is -2.02. The Balaban J connectivity index is 1.83. The summed E-state index contributed by atoms with van der Waals surface area (Å²) in [6, 6.07) is 9.45. The summed E-state index contributed by atoms with van der Waals surface area (Å²) in [7, 11) is 0. The van der Waals surface area contributed by atoms with Gasteiger partial charge in [-0.05, 0) is 17.2 Å². The molecule has 0 spiro atoms. The van der Waals surface area contributed by atoms with Crippen molar-refractivity contribution in [1.29, 1.82) is 0 Å². The van der Waals surface area contributed by atoms with Crippen molar-refractivity contribution in [2.75, 3.05) is 0 Å². The van der Waals surface area contributed by atoms with Crippen LogP contribution in [0.5, 0.6) is 0 Å². The molecular weight excluding hydrogens is 305 g/mol. The average Bonchev–Trinajstić information content (AvgIpc) is 3.04. The van der Waals surface area contributed by atoms with Gasteiger partial charge in [-0.15, -0.1) is 0 Å². The average molecular weight is 318 g/mol. The standard InChI is InChI=1S/C16H13F3N4/c17-12-6-5-11(14(18)15(12)19)7-13-21-16(23-22-13)10-3-1-9(8-20)2-4-10/h1-6H,7-8,20H2,(H,21,22,23). The molecule has 0 bridgehead atoms. The fourth-order valence-electron chi connectivity index (χ4n) is 2.18. The van der Waals surface area contributed by atoms with E-state index in [1.54, 1.807) is 0 Å². The highest BCUT2D eigenvalue weighted by Gasteiger charge is 2.15. The first-order valence-electron chi connectivity index (χ1n) is 6.91. The second kappa shape index (κ2) is 6.21. The smallest absolute Gasteiger partial charge is 0.194 e. The molecule has 118 valence electrons. The Hall–Kier alpha value is -2.67. The highest BCUT2D eigenvalue weighted by atomic mass is 19.2. The van der Waals surface area contributed by atoms with Crippen molar-refractivity contribution >= 4 is 0 Å². The van der Waals surface area contributed by atoms with Gasteiger partial charge in [-0.1, -0.05) is 30.3 Å². The first-order chi connectivity index (χ1) is 11.1. The van der Waals surface area contributed by atoms with Crippen LogP contribution in [0.2, 0.25) is 0 Å². The quantitative estimate of drug-likeness (QED) is 0.727. The van der Waals surface area contributed by atoms with E-state index < -0.39 is 17.5 Å². The van der Waals surface area contributed by atoms with E-state index in [1.165, 1.54) is 6.07 Å². The summed E-state index contributed by atoms with van der Waals surface area (Å²) in [5.74, 6) is -3.13. The Kier molecular flexibility index (Phi) is 4.12. The van der Waals surface area contributed by atoms with Crippen molar-refractivity contribution in [3.63, 3.8) is 0 Å². The molecule has 0 saturated heterocycles. The van der Waals surface area contributed by atoms with Gasteiger partial charge in [0.25, 0.3) is 0 Å². The molecule has 0 aliphatic carbocycles. The van der Waals surface area contributed by atoms with Crippen molar-refractivity contribution in [2.45, 2.75) is 13.0 Å². The molecule has 3 rings (SSSR count). The van der Waals surface area contributed by atoms with Gasteiger partial charge in [0.15, 0.2) is 23.3 Å². The molecule has 0 radical (unpaired) electrons. The van der Waals surface area contributed by atoms with Crippen LogP contribution in [0.1, 0.15) is 17.0 Å². The second-order valence-corrected chi connectivity index (χ2v) is 5.02. The van der Waals surface area contributed by atoms with Gasteiger partial charge in [0, 0.05) is 18.5 Å². The highest BCUT2D eigenvalue weighted by molar-refractivity contribution is 5.55. The zero-order chi connectivity index (χ0) is 16.4. The van der Waals surface area contributed by atoms with Crippen molar-refractivity contribution in [3.05, 3.63) is 70.8 Å². The summed E-state index contributed by atoms with van der Waals surface area (Å²) < 4.78 is 39.8. The number of nitrogens with one attached hydrogen (secondary N) is 1. The number of nitrogens with two attached hydrogens (primary N) is 1. The van der Waals surface area contributed by atoms with Crippen LogP contribution in [0.15, 0.2) is 36.4 Å². The fraction of sp³-hybridized carbons (Fsp3) is 0.125. The predicted octanol–water partition coefficient (Wildman–Crippen LogP) is 2.94. The van der Waals surface area contributed by atoms with E-state index in [4.69, 9.17) is 5.73 Å². The zero-order valence-corrected chi connectivity index (χ0v) is 12.0. The molecule has 0 amide bonds. The molecule has 1 heterocycles. The maximum absolute atomic E-state index is 13.7. The Labute approximate surface area is 130 Å². The Morgan fingerprint density at radius 1 is 0.957 bits per heavy atom. The minimum Gasteiger partial charge on any atom is -0.326 e. The van der Waals surface area contributed by atoms with Gasteiger partial charge in [-0.3, -0.25) is 5.10 Å². The minimum atomic E-state index is -1.49. The third-order valence-electron chi connectivity index (χ3n) is 3.45. The topological polar surface area (TPSA) is 67.6 Å².